The summed E-state index contributed by atoms with van der Waals surface area (Å²) in [4.78, 5) is 29.4. The van der Waals surface area contributed by atoms with Crippen molar-refractivity contribution in [2.75, 3.05) is 25.4 Å². The van der Waals surface area contributed by atoms with Gasteiger partial charge in [-0.2, -0.15) is 0 Å². The first-order valence-electron chi connectivity index (χ1n) is 11.1. The minimum Gasteiger partial charge on any atom is -0.339 e. The smallest absolute Gasteiger partial charge is 0.256 e. The van der Waals surface area contributed by atoms with Crippen LogP contribution in [-0.4, -0.2) is 61.1 Å². The van der Waals surface area contributed by atoms with E-state index in [4.69, 9.17) is 0 Å². The van der Waals surface area contributed by atoms with Crippen molar-refractivity contribution in [3.8, 4) is 0 Å². The van der Waals surface area contributed by atoms with Crippen LogP contribution in [0.3, 0.4) is 0 Å². The molecular formula is C24H29N3O4S. The van der Waals surface area contributed by atoms with Gasteiger partial charge < -0.3 is 9.80 Å². The summed E-state index contributed by atoms with van der Waals surface area (Å²) in [6, 6.07) is 7.93. The number of benzene rings is 1. The summed E-state index contributed by atoms with van der Waals surface area (Å²) in [5.74, 6) is 0.842. The summed E-state index contributed by atoms with van der Waals surface area (Å²) in [6.07, 6.45) is 7.15. The van der Waals surface area contributed by atoms with E-state index in [0.717, 1.165) is 12.0 Å². The number of amides is 1. The van der Waals surface area contributed by atoms with Crippen LogP contribution >= 0.6 is 0 Å². The zero-order chi connectivity index (χ0) is 22.9. The van der Waals surface area contributed by atoms with Crippen LogP contribution in [0.15, 0.2) is 52.6 Å². The van der Waals surface area contributed by atoms with Gasteiger partial charge in [0, 0.05) is 37.3 Å². The number of ketones is 1. The summed E-state index contributed by atoms with van der Waals surface area (Å²) in [5.41, 5.74) is 2.49. The lowest BCUT2D eigenvalue weighted by molar-refractivity contribution is -0.128. The summed E-state index contributed by atoms with van der Waals surface area (Å²) in [5, 5.41) is 0. The lowest BCUT2D eigenvalue weighted by atomic mass is 9.88. The Kier molecular flexibility index (Phi) is 6.33. The number of amidine groups is 1. The Morgan fingerprint density at radius 1 is 1.06 bits per heavy atom. The highest BCUT2D eigenvalue weighted by atomic mass is 32.2. The SMILES string of the molecule is CC(C)Cc1ccc(C(=O)C2CCN(C(=O)C3=CN4CCS(=O)(=O)N=C4C=C3)CC2)cc1. The standard InChI is InChI=1S/C24H29N3O4S/c1-17(2)15-18-3-5-19(6-4-18)23(28)20-9-11-26(12-10-20)24(29)21-7-8-22-25-32(30,31)14-13-27(22)16-21/h3-8,16-17,20H,9-15H2,1-2H3. The number of piperidine rings is 1. The van der Waals surface area contributed by atoms with Gasteiger partial charge in [0.2, 0.25) is 0 Å². The molecule has 1 aromatic carbocycles. The van der Waals surface area contributed by atoms with Gasteiger partial charge in [0.1, 0.15) is 5.84 Å². The molecule has 1 fully saturated rings. The molecule has 0 N–H and O–H groups in total. The third kappa shape index (κ3) is 5.01. The van der Waals surface area contributed by atoms with Crippen LogP contribution in [0, 0.1) is 11.8 Å². The van der Waals surface area contributed by atoms with Gasteiger partial charge in [0.05, 0.1) is 11.3 Å². The normalized spacial score (nSPS) is 20.6. The molecule has 0 spiro atoms. The number of carbonyl (C=O) groups is 2. The molecule has 1 saturated heterocycles. The average molecular weight is 456 g/mol. The summed E-state index contributed by atoms with van der Waals surface area (Å²) < 4.78 is 27.0. The molecule has 3 aliphatic rings. The van der Waals surface area contributed by atoms with Crippen molar-refractivity contribution >= 4 is 27.5 Å². The number of rotatable bonds is 5. The molecule has 0 aliphatic carbocycles. The van der Waals surface area contributed by atoms with Crippen LogP contribution in [-0.2, 0) is 21.2 Å². The molecule has 0 atom stereocenters. The number of Topliss-reactive ketones (excluding diaryl/α,β-unsaturated/α-hetero) is 1. The number of hydrogen-bond donors (Lipinski definition) is 0. The molecule has 4 rings (SSSR count). The molecule has 3 aliphatic heterocycles. The Balaban J connectivity index is 1.35. The van der Waals surface area contributed by atoms with Gasteiger partial charge in [-0.3, -0.25) is 9.59 Å². The van der Waals surface area contributed by atoms with Gasteiger partial charge in [-0.25, -0.2) is 8.42 Å². The zero-order valence-corrected chi connectivity index (χ0v) is 19.3. The minimum absolute atomic E-state index is 0.0612. The van der Waals surface area contributed by atoms with E-state index >= 15 is 0 Å². The number of fused-ring (bicyclic) bond motifs is 1. The Morgan fingerprint density at radius 3 is 2.41 bits per heavy atom. The van der Waals surface area contributed by atoms with Crippen molar-refractivity contribution in [2.24, 2.45) is 16.2 Å². The molecule has 7 nitrogen and oxygen atoms in total. The Hall–Kier alpha value is -2.74. The van der Waals surface area contributed by atoms with E-state index in [1.54, 1.807) is 28.2 Å². The van der Waals surface area contributed by atoms with Crippen LogP contribution in [0.2, 0.25) is 0 Å². The number of carbonyl (C=O) groups excluding carboxylic acids is 2. The van der Waals surface area contributed by atoms with Crippen LogP contribution < -0.4 is 0 Å². The van der Waals surface area contributed by atoms with E-state index in [1.165, 1.54) is 5.56 Å². The maximum atomic E-state index is 13.0. The number of sulfonamides is 1. The second-order valence-electron chi connectivity index (χ2n) is 9.07. The van der Waals surface area contributed by atoms with Gasteiger partial charge in [0.25, 0.3) is 15.9 Å². The quantitative estimate of drug-likeness (QED) is 0.637. The van der Waals surface area contributed by atoms with E-state index < -0.39 is 10.0 Å². The van der Waals surface area contributed by atoms with E-state index in [9.17, 15) is 18.0 Å². The van der Waals surface area contributed by atoms with Crippen molar-refractivity contribution in [1.82, 2.24) is 9.80 Å². The van der Waals surface area contributed by atoms with Crippen molar-refractivity contribution in [3.05, 3.63) is 59.3 Å². The molecule has 32 heavy (non-hydrogen) atoms. The van der Waals surface area contributed by atoms with Crippen LogP contribution in [0.4, 0.5) is 0 Å². The molecule has 3 heterocycles. The first-order valence-corrected chi connectivity index (χ1v) is 12.7. The lowest BCUT2D eigenvalue weighted by Crippen LogP contribution is -2.42. The van der Waals surface area contributed by atoms with E-state index in [1.807, 2.05) is 24.3 Å². The third-order valence-electron chi connectivity index (χ3n) is 6.11. The Bertz CT molecular complexity index is 1090. The molecule has 0 bridgehead atoms. The Labute approximate surface area is 189 Å². The maximum absolute atomic E-state index is 13.0. The third-order valence-corrected chi connectivity index (χ3v) is 7.27. The summed E-state index contributed by atoms with van der Waals surface area (Å²) in [7, 11) is -3.42. The average Bonchev–Trinajstić information content (AvgIpc) is 2.77. The van der Waals surface area contributed by atoms with Crippen molar-refractivity contribution < 1.29 is 18.0 Å². The van der Waals surface area contributed by atoms with E-state index in [0.29, 0.717) is 43.3 Å². The lowest BCUT2D eigenvalue weighted by Gasteiger charge is -2.33. The van der Waals surface area contributed by atoms with Gasteiger partial charge in [-0.05, 0) is 42.9 Å². The first-order chi connectivity index (χ1) is 15.2. The van der Waals surface area contributed by atoms with Crippen molar-refractivity contribution in [1.29, 1.82) is 0 Å². The number of nitrogens with zero attached hydrogens (tertiary/aromatic N) is 3. The number of hydrogen-bond acceptors (Lipinski definition) is 5. The number of likely N-dealkylation sites (tertiary alicyclic amines) is 1. The topological polar surface area (TPSA) is 87.1 Å². The fourth-order valence-corrected chi connectivity index (χ4v) is 5.34. The molecule has 170 valence electrons. The van der Waals surface area contributed by atoms with Gasteiger partial charge in [-0.1, -0.05) is 38.1 Å². The summed E-state index contributed by atoms with van der Waals surface area (Å²) in [6.45, 7) is 5.70. The highest BCUT2D eigenvalue weighted by Gasteiger charge is 2.31. The van der Waals surface area contributed by atoms with E-state index in [2.05, 4.69) is 18.2 Å². The maximum Gasteiger partial charge on any atom is 0.256 e. The fourth-order valence-electron chi connectivity index (χ4n) is 4.37. The highest BCUT2D eigenvalue weighted by Crippen LogP contribution is 2.25. The van der Waals surface area contributed by atoms with Crippen LogP contribution in [0.1, 0.15) is 42.6 Å². The molecule has 0 aromatic heterocycles. The second kappa shape index (κ2) is 9.02. The van der Waals surface area contributed by atoms with Gasteiger partial charge in [0.15, 0.2) is 5.78 Å². The first kappa shape index (κ1) is 22.5. The zero-order valence-electron chi connectivity index (χ0n) is 18.5. The predicted octanol–water partition coefficient (Wildman–Crippen LogP) is 2.80. The highest BCUT2D eigenvalue weighted by molar-refractivity contribution is 7.90. The monoisotopic (exact) mass is 455 g/mol. The fraction of sp³-hybridized carbons (Fsp3) is 0.458. The molecule has 0 radical (unpaired) electrons. The molecule has 1 aromatic rings. The molecule has 0 saturated carbocycles. The molecule has 1 amide bonds. The van der Waals surface area contributed by atoms with Crippen molar-refractivity contribution in [3.63, 3.8) is 0 Å². The Morgan fingerprint density at radius 2 is 1.75 bits per heavy atom. The van der Waals surface area contributed by atoms with Gasteiger partial charge in [-0.15, -0.1) is 4.40 Å². The largest absolute Gasteiger partial charge is 0.339 e. The molecular weight excluding hydrogens is 426 g/mol. The minimum atomic E-state index is -3.42. The van der Waals surface area contributed by atoms with Crippen molar-refractivity contribution in [2.45, 2.75) is 33.1 Å². The molecule has 0 unspecified atom stereocenters. The predicted molar refractivity (Wildman–Crippen MR) is 124 cm³/mol. The van der Waals surface area contributed by atoms with Crippen LogP contribution in [0.5, 0.6) is 0 Å². The summed E-state index contributed by atoms with van der Waals surface area (Å²) >= 11 is 0. The second-order valence-corrected chi connectivity index (χ2v) is 10.8. The van der Waals surface area contributed by atoms with Gasteiger partial charge >= 0.3 is 0 Å². The van der Waals surface area contributed by atoms with Crippen LogP contribution in [0.25, 0.3) is 0 Å². The van der Waals surface area contributed by atoms with E-state index in [-0.39, 0.29) is 29.9 Å². The molecule has 8 heteroatoms.